The zero-order chi connectivity index (χ0) is 14.9. The van der Waals surface area contributed by atoms with Crippen LogP contribution in [0.4, 0.5) is 4.39 Å². The van der Waals surface area contributed by atoms with Crippen molar-refractivity contribution in [2.24, 2.45) is 11.3 Å². The summed E-state index contributed by atoms with van der Waals surface area (Å²) in [5.41, 5.74) is 0.622. The lowest BCUT2D eigenvalue weighted by atomic mass is 9.74. The number of hydrogen-bond acceptors (Lipinski definition) is 2. The first-order chi connectivity index (χ1) is 10.2. The highest BCUT2D eigenvalue weighted by Crippen LogP contribution is 2.49. The molecule has 0 spiro atoms. The molecule has 0 aromatic heterocycles. The van der Waals surface area contributed by atoms with Gasteiger partial charge in [0.2, 0.25) is 0 Å². The number of ether oxygens (including phenoxy) is 1. The Labute approximate surface area is 131 Å². The molecule has 1 heterocycles. The third-order valence-electron chi connectivity index (χ3n) is 4.87. The van der Waals surface area contributed by atoms with E-state index in [1.165, 1.54) is 18.9 Å². The van der Waals surface area contributed by atoms with Crippen molar-refractivity contribution < 1.29 is 9.13 Å². The van der Waals surface area contributed by atoms with Crippen LogP contribution in [0.2, 0.25) is 5.02 Å². The maximum atomic E-state index is 14.2. The Morgan fingerprint density at radius 3 is 2.90 bits per heavy atom. The third kappa shape index (κ3) is 3.10. The smallest absolute Gasteiger partial charge is 0.127 e. The van der Waals surface area contributed by atoms with Crippen molar-refractivity contribution in [3.05, 3.63) is 34.6 Å². The summed E-state index contributed by atoms with van der Waals surface area (Å²) in [4.78, 5) is 0. The second kappa shape index (κ2) is 6.23. The molecule has 1 aliphatic heterocycles. The molecule has 1 aromatic rings. The number of benzene rings is 1. The minimum absolute atomic E-state index is 0.0248. The molecule has 2 fully saturated rings. The summed E-state index contributed by atoms with van der Waals surface area (Å²) in [6, 6.07) is 4.95. The molecule has 1 aliphatic carbocycles. The summed E-state index contributed by atoms with van der Waals surface area (Å²) in [5, 5.41) is 3.99. The number of halogens is 2. The van der Waals surface area contributed by atoms with E-state index in [4.69, 9.17) is 16.3 Å². The molecule has 1 saturated heterocycles. The third-order valence-corrected chi connectivity index (χ3v) is 5.22. The van der Waals surface area contributed by atoms with Gasteiger partial charge in [-0.05, 0) is 50.3 Å². The van der Waals surface area contributed by atoms with Crippen molar-refractivity contribution in [3.8, 4) is 0 Å². The summed E-state index contributed by atoms with van der Waals surface area (Å²) in [5.74, 6) is 0.455. The molecule has 2 atom stereocenters. The molecular formula is C17H23ClFNO. The van der Waals surface area contributed by atoms with Crippen molar-refractivity contribution in [2.75, 3.05) is 19.7 Å². The predicted octanol–water partition coefficient (Wildman–Crippen LogP) is 3.82. The summed E-state index contributed by atoms with van der Waals surface area (Å²) in [7, 11) is 0. The Morgan fingerprint density at radius 1 is 1.43 bits per heavy atom. The van der Waals surface area contributed by atoms with E-state index in [-0.39, 0.29) is 17.3 Å². The van der Waals surface area contributed by atoms with Gasteiger partial charge in [-0.2, -0.15) is 0 Å². The zero-order valence-corrected chi connectivity index (χ0v) is 13.3. The molecule has 116 valence electrons. The van der Waals surface area contributed by atoms with Crippen LogP contribution in [0.1, 0.15) is 31.7 Å². The quantitative estimate of drug-likeness (QED) is 0.862. The van der Waals surface area contributed by atoms with E-state index in [1.54, 1.807) is 12.1 Å². The minimum atomic E-state index is -0.195. The van der Waals surface area contributed by atoms with Crippen LogP contribution in [0.15, 0.2) is 18.2 Å². The molecule has 1 N–H and O–H groups in total. The van der Waals surface area contributed by atoms with Crippen LogP contribution in [0, 0.1) is 17.2 Å². The molecule has 0 bridgehead atoms. The van der Waals surface area contributed by atoms with Crippen LogP contribution in [0.25, 0.3) is 0 Å². The lowest BCUT2D eigenvalue weighted by molar-refractivity contribution is 0.0305. The Balaban J connectivity index is 1.88. The molecular weight excluding hydrogens is 289 g/mol. The molecule has 4 heteroatoms. The maximum absolute atomic E-state index is 14.2. The first kappa shape index (κ1) is 15.3. The predicted molar refractivity (Wildman–Crippen MR) is 83.2 cm³/mol. The van der Waals surface area contributed by atoms with Gasteiger partial charge in [-0.3, -0.25) is 0 Å². The van der Waals surface area contributed by atoms with E-state index in [0.29, 0.717) is 22.9 Å². The molecule has 2 unspecified atom stereocenters. The molecule has 2 aliphatic rings. The Bertz CT molecular complexity index is 485. The van der Waals surface area contributed by atoms with E-state index < -0.39 is 0 Å². The normalized spacial score (nSPS) is 29.0. The number of hydrogen-bond donors (Lipinski definition) is 1. The van der Waals surface area contributed by atoms with Crippen LogP contribution in [-0.2, 0) is 11.2 Å². The number of nitrogens with one attached hydrogen (secondary N) is 1. The van der Waals surface area contributed by atoms with Gasteiger partial charge < -0.3 is 10.1 Å². The molecule has 3 rings (SSSR count). The highest BCUT2D eigenvalue weighted by atomic mass is 35.5. The fraction of sp³-hybridized carbons (Fsp3) is 0.647. The lowest BCUT2D eigenvalue weighted by Crippen LogP contribution is -2.43. The second-order valence-corrected chi connectivity index (χ2v) is 6.81. The largest absolute Gasteiger partial charge is 0.377 e. The molecule has 21 heavy (non-hydrogen) atoms. The first-order valence-electron chi connectivity index (χ1n) is 7.91. The van der Waals surface area contributed by atoms with Crippen LogP contribution in [-0.4, -0.2) is 25.8 Å². The second-order valence-electron chi connectivity index (χ2n) is 6.40. The fourth-order valence-electron chi connectivity index (χ4n) is 3.61. The average molecular weight is 312 g/mol. The van der Waals surface area contributed by atoms with Crippen LogP contribution in [0.3, 0.4) is 0 Å². The molecule has 1 aromatic carbocycles. The minimum Gasteiger partial charge on any atom is -0.377 e. The van der Waals surface area contributed by atoms with Gasteiger partial charge in [-0.15, -0.1) is 0 Å². The topological polar surface area (TPSA) is 21.3 Å². The van der Waals surface area contributed by atoms with E-state index in [0.717, 1.165) is 26.1 Å². The van der Waals surface area contributed by atoms with Gasteiger partial charge in [0, 0.05) is 29.2 Å². The molecule has 2 nitrogen and oxygen atoms in total. The van der Waals surface area contributed by atoms with Gasteiger partial charge in [0.05, 0.1) is 6.10 Å². The van der Waals surface area contributed by atoms with E-state index in [9.17, 15) is 4.39 Å². The van der Waals surface area contributed by atoms with Gasteiger partial charge in [-0.1, -0.05) is 24.6 Å². The van der Waals surface area contributed by atoms with Gasteiger partial charge in [-0.25, -0.2) is 4.39 Å². The lowest BCUT2D eigenvalue weighted by Gasteiger charge is -2.35. The SMILES string of the molecule is CCNCC1(Cc2c(F)cccc2Cl)CCOC1C1CC1. The Kier molecular flexibility index (Phi) is 4.53. The summed E-state index contributed by atoms with van der Waals surface area (Å²) >= 11 is 6.25. The van der Waals surface area contributed by atoms with E-state index in [1.807, 2.05) is 0 Å². The first-order valence-corrected chi connectivity index (χ1v) is 8.29. The van der Waals surface area contributed by atoms with Crippen molar-refractivity contribution in [3.63, 3.8) is 0 Å². The van der Waals surface area contributed by atoms with E-state index in [2.05, 4.69) is 12.2 Å². The fourth-order valence-corrected chi connectivity index (χ4v) is 3.84. The Hall–Kier alpha value is -0.640. The summed E-state index contributed by atoms with van der Waals surface area (Å²) in [6.07, 6.45) is 4.36. The summed E-state index contributed by atoms with van der Waals surface area (Å²) in [6.45, 7) is 4.67. The van der Waals surface area contributed by atoms with E-state index >= 15 is 0 Å². The van der Waals surface area contributed by atoms with Crippen LogP contribution in [0.5, 0.6) is 0 Å². The monoisotopic (exact) mass is 311 g/mol. The van der Waals surface area contributed by atoms with Gasteiger partial charge in [0.15, 0.2) is 0 Å². The van der Waals surface area contributed by atoms with Crippen LogP contribution < -0.4 is 5.32 Å². The van der Waals surface area contributed by atoms with Crippen molar-refractivity contribution in [1.29, 1.82) is 0 Å². The molecule has 0 amide bonds. The van der Waals surface area contributed by atoms with Crippen molar-refractivity contribution in [1.82, 2.24) is 5.32 Å². The number of rotatable bonds is 6. The standard InChI is InChI=1S/C17H23ClFNO/c1-2-20-11-17(8-9-21-16(17)12-6-7-12)10-13-14(18)4-3-5-15(13)19/h3-5,12,16,20H,2,6-11H2,1H3. The average Bonchev–Trinajstić information content (AvgIpc) is 3.23. The highest BCUT2D eigenvalue weighted by molar-refractivity contribution is 6.31. The van der Waals surface area contributed by atoms with Gasteiger partial charge in [0.25, 0.3) is 0 Å². The van der Waals surface area contributed by atoms with Crippen molar-refractivity contribution in [2.45, 2.75) is 38.7 Å². The Morgan fingerprint density at radius 2 is 2.24 bits per heavy atom. The van der Waals surface area contributed by atoms with Crippen molar-refractivity contribution >= 4 is 11.6 Å². The highest BCUT2D eigenvalue weighted by Gasteiger charge is 2.51. The van der Waals surface area contributed by atoms with Gasteiger partial charge >= 0.3 is 0 Å². The zero-order valence-electron chi connectivity index (χ0n) is 12.5. The van der Waals surface area contributed by atoms with Gasteiger partial charge in [0.1, 0.15) is 5.82 Å². The maximum Gasteiger partial charge on any atom is 0.127 e. The summed E-state index contributed by atoms with van der Waals surface area (Å²) < 4.78 is 20.2. The molecule has 0 radical (unpaired) electrons. The molecule has 1 saturated carbocycles. The van der Waals surface area contributed by atoms with Crippen LogP contribution >= 0.6 is 11.6 Å².